The summed E-state index contributed by atoms with van der Waals surface area (Å²) in [7, 11) is 0. The zero-order valence-corrected chi connectivity index (χ0v) is 15.9. The smallest absolute Gasteiger partial charge is 0.294 e. The molecule has 3 amide bonds. The topological polar surface area (TPSA) is 86.7 Å². The van der Waals surface area contributed by atoms with Crippen LogP contribution in [0, 0.1) is 0 Å². The van der Waals surface area contributed by atoms with Crippen molar-refractivity contribution in [3.63, 3.8) is 0 Å². The molecule has 1 aliphatic rings. The molecule has 142 valence electrons. The fraction of sp³-hybridized carbons (Fsp3) is 0.0952. The zero-order valence-electron chi connectivity index (χ0n) is 15.1. The molecule has 2 aromatic carbocycles. The Morgan fingerprint density at radius 2 is 1.79 bits per heavy atom. The Balaban J connectivity index is 1.68. The van der Waals surface area contributed by atoms with E-state index in [1.54, 1.807) is 18.2 Å². The Bertz CT molecular complexity index is 983. The van der Waals surface area contributed by atoms with Gasteiger partial charge in [-0.2, -0.15) is 0 Å². The maximum absolute atomic E-state index is 12.5. The van der Waals surface area contributed by atoms with Crippen molar-refractivity contribution in [2.75, 3.05) is 11.9 Å². The first kappa shape index (κ1) is 19.4. The molecule has 1 saturated heterocycles. The maximum Gasteiger partial charge on any atom is 0.294 e. The number of benzene rings is 2. The lowest BCUT2D eigenvalue weighted by Gasteiger charge is -2.13. The number of carbonyl (C=O) groups is 3. The number of phenols is 1. The Labute approximate surface area is 166 Å². The van der Waals surface area contributed by atoms with Gasteiger partial charge in [-0.3, -0.25) is 19.3 Å². The molecule has 1 aliphatic heterocycles. The highest BCUT2D eigenvalue weighted by molar-refractivity contribution is 8.18. The highest BCUT2D eigenvalue weighted by atomic mass is 32.2. The molecule has 0 saturated carbocycles. The van der Waals surface area contributed by atoms with E-state index in [2.05, 4.69) is 5.32 Å². The Kier molecular flexibility index (Phi) is 5.96. The van der Waals surface area contributed by atoms with Crippen LogP contribution in [-0.4, -0.2) is 33.6 Å². The minimum absolute atomic E-state index is 0.0911. The van der Waals surface area contributed by atoms with E-state index in [1.165, 1.54) is 12.1 Å². The molecule has 0 radical (unpaired) electrons. The lowest BCUT2D eigenvalue weighted by Crippen LogP contribution is -2.36. The minimum atomic E-state index is -0.568. The van der Waals surface area contributed by atoms with Gasteiger partial charge in [-0.05, 0) is 48.0 Å². The van der Waals surface area contributed by atoms with Crippen molar-refractivity contribution in [3.8, 4) is 5.75 Å². The first-order valence-electron chi connectivity index (χ1n) is 8.50. The van der Waals surface area contributed by atoms with Gasteiger partial charge in [0.1, 0.15) is 12.3 Å². The van der Waals surface area contributed by atoms with E-state index in [1.807, 2.05) is 43.3 Å². The lowest BCUT2D eigenvalue weighted by atomic mass is 10.1. The van der Waals surface area contributed by atoms with E-state index >= 15 is 0 Å². The van der Waals surface area contributed by atoms with Gasteiger partial charge in [-0.15, -0.1) is 0 Å². The Morgan fingerprint density at radius 1 is 1.11 bits per heavy atom. The summed E-state index contributed by atoms with van der Waals surface area (Å²) in [4.78, 5) is 38.0. The van der Waals surface area contributed by atoms with Crippen molar-refractivity contribution in [1.82, 2.24) is 4.90 Å². The number of phenolic OH excluding ortho intramolecular Hbond substituents is 1. The van der Waals surface area contributed by atoms with Crippen LogP contribution >= 0.6 is 11.8 Å². The molecule has 0 unspecified atom stereocenters. The fourth-order valence-corrected chi connectivity index (χ4v) is 3.50. The van der Waals surface area contributed by atoms with Gasteiger partial charge in [0, 0.05) is 0 Å². The van der Waals surface area contributed by atoms with Crippen molar-refractivity contribution in [1.29, 1.82) is 0 Å². The van der Waals surface area contributed by atoms with Crippen LogP contribution in [0.1, 0.15) is 12.5 Å². The average Bonchev–Trinajstić information content (AvgIpc) is 2.91. The van der Waals surface area contributed by atoms with Crippen LogP contribution in [0.3, 0.4) is 0 Å². The van der Waals surface area contributed by atoms with E-state index < -0.39 is 23.6 Å². The quantitative estimate of drug-likeness (QED) is 0.591. The molecular formula is C21H18N2O4S. The summed E-state index contributed by atoms with van der Waals surface area (Å²) < 4.78 is 0. The van der Waals surface area contributed by atoms with Crippen LogP contribution in [-0.2, 0) is 9.59 Å². The Morgan fingerprint density at radius 3 is 2.50 bits per heavy atom. The highest BCUT2D eigenvalue weighted by Gasteiger charge is 2.36. The number of rotatable bonds is 5. The van der Waals surface area contributed by atoms with Gasteiger partial charge >= 0.3 is 0 Å². The van der Waals surface area contributed by atoms with E-state index in [0.29, 0.717) is 0 Å². The molecule has 2 aromatic rings. The lowest BCUT2D eigenvalue weighted by molar-refractivity contribution is -0.127. The number of anilines is 1. The Hall–Kier alpha value is -3.32. The number of imide groups is 1. The number of allylic oxidation sites excluding steroid dienone is 2. The third-order valence-corrected chi connectivity index (χ3v) is 4.81. The van der Waals surface area contributed by atoms with Crippen molar-refractivity contribution in [3.05, 3.63) is 76.7 Å². The fourth-order valence-electron chi connectivity index (χ4n) is 2.61. The van der Waals surface area contributed by atoms with Crippen LogP contribution in [0.15, 0.2) is 71.2 Å². The van der Waals surface area contributed by atoms with Gasteiger partial charge in [0.05, 0.1) is 10.6 Å². The van der Waals surface area contributed by atoms with Crippen molar-refractivity contribution in [2.24, 2.45) is 0 Å². The average molecular weight is 394 g/mol. The first-order valence-corrected chi connectivity index (χ1v) is 9.32. The monoisotopic (exact) mass is 394 g/mol. The summed E-state index contributed by atoms with van der Waals surface area (Å²) in [5.74, 6) is -1.17. The van der Waals surface area contributed by atoms with Crippen molar-refractivity contribution < 1.29 is 19.5 Å². The molecule has 0 aromatic heterocycles. The number of aromatic hydroxyl groups is 1. The van der Waals surface area contributed by atoms with Crippen LogP contribution in [0.25, 0.3) is 6.08 Å². The van der Waals surface area contributed by atoms with Gasteiger partial charge in [-0.25, -0.2) is 0 Å². The number of amides is 3. The van der Waals surface area contributed by atoms with E-state index in [4.69, 9.17) is 0 Å². The highest BCUT2D eigenvalue weighted by Crippen LogP contribution is 2.31. The normalized spacial score (nSPS) is 16.0. The number of nitrogens with zero attached hydrogens (tertiary/aromatic N) is 1. The van der Waals surface area contributed by atoms with Crippen molar-refractivity contribution in [2.45, 2.75) is 6.92 Å². The number of nitrogens with one attached hydrogen (secondary N) is 1. The number of hydrogen-bond acceptors (Lipinski definition) is 5. The van der Waals surface area contributed by atoms with Crippen LogP contribution in [0.5, 0.6) is 5.75 Å². The van der Waals surface area contributed by atoms with E-state index in [0.717, 1.165) is 27.8 Å². The van der Waals surface area contributed by atoms with Crippen LogP contribution in [0.2, 0.25) is 0 Å². The number of para-hydroxylation sites is 2. The van der Waals surface area contributed by atoms with Gasteiger partial charge in [-0.1, -0.05) is 48.5 Å². The number of hydrogen-bond donors (Lipinski definition) is 2. The second-order valence-corrected chi connectivity index (χ2v) is 7.13. The van der Waals surface area contributed by atoms with Gasteiger partial charge in [0.15, 0.2) is 0 Å². The number of carbonyl (C=O) groups excluding carboxylic acids is 3. The molecule has 6 nitrogen and oxygen atoms in total. The summed E-state index contributed by atoms with van der Waals surface area (Å²) in [6.45, 7) is 1.42. The molecule has 0 bridgehead atoms. The van der Waals surface area contributed by atoms with Gasteiger partial charge in [0.25, 0.3) is 11.1 Å². The summed E-state index contributed by atoms with van der Waals surface area (Å²) in [6.07, 6.45) is 3.54. The second kappa shape index (κ2) is 8.58. The van der Waals surface area contributed by atoms with Gasteiger partial charge < -0.3 is 10.4 Å². The summed E-state index contributed by atoms with van der Waals surface area (Å²) in [5.41, 5.74) is 2.02. The molecular weight excluding hydrogens is 376 g/mol. The van der Waals surface area contributed by atoms with E-state index in [-0.39, 0.29) is 16.3 Å². The predicted octanol–water partition coefficient (Wildman–Crippen LogP) is 4.01. The second-order valence-electron chi connectivity index (χ2n) is 6.13. The predicted molar refractivity (Wildman–Crippen MR) is 110 cm³/mol. The SMILES string of the molecule is CC(=Cc1ccccc1)C=C1SC(=O)N(CC(=O)Nc2ccccc2O)C1=O. The molecule has 7 heteroatoms. The zero-order chi connectivity index (χ0) is 20.1. The third-order valence-electron chi connectivity index (χ3n) is 3.91. The third kappa shape index (κ3) is 4.69. The summed E-state index contributed by atoms with van der Waals surface area (Å²) in [5, 5.41) is 11.7. The molecule has 3 rings (SSSR count). The molecule has 1 heterocycles. The van der Waals surface area contributed by atoms with Crippen LogP contribution < -0.4 is 5.32 Å². The molecule has 1 fully saturated rings. The standard InChI is InChI=1S/C21H18N2O4S/c1-14(11-15-7-3-2-4-8-15)12-18-20(26)23(21(27)28-18)13-19(25)22-16-9-5-6-10-17(16)24/h2-12,24H,13H2,1H3,(H,22,25). The minimum Gasteiger partial charge on any atom is -0.506 e. The van der Waals surface area contributed by atoms with Crippen molar-refractivity contribution >= 4 is 40.6 Å². The largest absolute Gasteiger partial charge is 0.506 e. The summed E-state index contributed by atoms with van der Waals surface area (Å²) >= 11 is 0.800. The first-order chi connectivity index (χ1) is 13.4. The molecule has 28 heavy (non-hydrogen) atoms. The number of thioether (sulfide) groups is 1. The molecule has 0 atom stereocenters. The molecule has 0 spiro atoms. The molecule has 2 N–H and O–H groups in total. The van der Waals surface area contributed by atoms with E-state index in [9.17, 15) is 19.5 Å². The maximum atomic E-state index is 12.5. The van der Waals surface area contributed by atoms with Gasteiger partial charge in [0.2, 0.25) is 5.91 Å². The molecule has 0 aliphatic carbocycles. The summed E-state index contributed by atoms with van der Waals surface area (Å²) in [6, 6.07) is 15.8. The van der Waals surface area contributed by atoms with Crippen LogP contribution in [0.4, 0.5) is 10.5 Å².